The Kier molecular flexibility index (Phi) is 6.13. The van der Waals surface area contributed by atoms with Gasteiger partial charge in [0.2, 0.25) is 0 Å². The Morgan fingerprint density at radius 3 is 2.53 bits per heavy atom. The fourth-order valence-electron chi connectivity index (χ4n) is 3.46. The van der Waals surface area contributed by atoms with Crippen molar-refractivity contribution in [3.8, 4) is 28.7 Å². The molecule has 8 heteroatoms. The molecule has 0 unspecified atom stereocenters. The number of rotatable bonds is 2. The number of benzene rings is 2. The van der Waals surface area contributed by atoms with Crippen LogP contribution in [-0.4, -0.2) is 49.3 Å². The second-order valence-electron chi connectivity index (χ2n) is 7.98. The van der Waals surface area contributed by atoms with Crippen LogP contribution < -0.4 is 0 Å². The van der Waals surface area contributed by atoms with Crippen molar-refractivity contribution in [1.29, 1.82) is 5.26 Å². The van der Waals surface area contributed by atoms with E-state index in [1.807, 2.05) is 20.8 Å². The molecule has 2 aromatic heterocycles. The van der Waals surface area contributed by atoms with E-state index in [1.165, 1.54) is 6.07 Å². The topological polar surface area (TPSA) is 70.3 Å². The summed E-state index contributed by atoms with van der Waals surface area (Å²) >= 11 is 6.48. The van der Waals surface area contributed by atoms with E-state index in [1.54, 1.807) is 42.1 Å². The van der Waals surface area contributed by atoms with Crippen molar-refractivity contribution < 1.29 is 4.39 Å². The molecular weight excluding hydrogens is 412 g/mol. The van der Waals surface area contributed by atoms with Gasteiger partial charge in [0, 0.05) is 47.6 Å². The van der Waals surface area contributed by atoms with Crippen LogP contribution in [0.25, 0.3) is 33.7 Å². The molecule has 0 aliphatic rings. The predicted molar refractivity (Wildman–Crippen MR) is 118 cm³/mol. The van der Waals surface area contributed by atoms with Crippen LogP contribution in [0.4, 0.5) is 4.39 Å². The first-order valence-corrected chi connectivity index (χ1v) is 9.50. The quantitative estimate of drug-likeness (QED) is 0.444. The number of hydrogen-bond donors (Lipinski definition) is 1. The zero-order chi connectivity index (χ0) is 20.9. The van der Waals surface area contributed by atoms with Gasteiger partial charge in [0.15, 0.2) is 5.82 Å². The Bertz CT molecular complexity index is 1290. The van der Waals surface area contributed by atoms with Gasteiger partial charge in [-0.05, 0) is 23.8 Å². The number of fused-ring (bicyclic) bond motifs is 1. The first kappa shape index (κ1) is 22.5. The molecule has 1 N–H and O–H groups in total. The molecule has 0 amide bonds. The first-order chi connectivity index (χ1) is 13.7. The van der Waals surface area contributed by atoms with Crippen LogP contribution in [0.3, 0.4) is 0 Å². The third-order valence-corrected chi connectivity index (χ3v) is 5.12. The number of nitrogens with one attached hydrogen (secondary N) is 1. The fraction of sp³-hybridized carbons (Fsp3) is 0.227. The minimum absolute atomic E-state index is 0. The minimum atomic E-state index is -0.327. The molecule has 1 radical (unpaired) electrons. The van der Waals surface area contributed by atoms with Crippen molar-refractivity contribution in [2.24, 2.45) is 7.05 Å². The van der Waals surface area contributed by atoms with Crippen LogP contribution in [0.5, 0.6) is 0 Å². The Balaban J connectivity index is 0.00000256. The number of imidazole rings is 1. The summed E-state index contributed by atoms with van der Waals surface area (Å²) < 4.78 is 15.9. The van der Waals surface area contributed by atoms with Crippen molar-refractivity contribution in [3.05, 3.63) is 58.5 Å². The van der Waals surface area contributed by atoms with Gasteiger partial charge in [-0.1, -0.05) is 50.6 Å². The van der Waals surface area contributed by atoms with Crippen LogP contribution in [0.2, 0.25) is 5.02 Å². The zero-order valence-electron chi connectivity index (χ0n) is 17.5. The first-order valence-electron chi connectivity index (χ1n) is 9.13. The van der Waals surface area contributed by atoms with Gasteiger partial charge in [0.25, 0.3) is 0 Å². The normalized spacial score (nSPS) is 11.4. The maximum Gasteiger partial charge on any atom is 0.158 e. The molecule has 0 bridgehead atoms. The van der Waals surface area contributed by atoms with Gasteiger partial charge in [-0.25, -0.2) is 9.37 Å². The molecule has 5 nitrogen and oxygen atoms in total. The van der Waals surface area contributed by atoms with Crippen LogP contribution >= 0.6 is 11.6 Å². The maximum atomic E-state index is 14.2. The molecule has 0 spiro atoms. The molecule has 30 heavy (non-hydrogen) atoms. The van der Waals surface area contributed by atoms with Crippen LogP contribution in [-0.2, 0) is 12.5 Å². The van der Waals surface area contributed by atoms with Gasteiger partial charge in [-0.3, -0.25) is 4.68 Å². The number of aryl methyl sites for hydroxylation is 1. The Hall–Kier alpha value is -2.17. The van der Waals surface area contributed by atoms with Crippen LogP contribution in [0.15, 0.2) is 36.4 Å². The summed E-state index contributed by atoms with van der Waals surface area (Å²) in [5.41, 5.74) is 3.80. The summed E-state index contributed by atoms with van der Waals surface area (Å²) in [5.74, 6) is 0.168. The average molecular weight is 431 g/mol. The van der Waals surface area contributed by atoms with E-state index in [2.05, 4.69) is 21.1 Å². The molecule has 4 rings (SSSR count). The predicted octanol–water partition coefficient (Wildman–Crippen LogP) is 5.21. The Labute approximate surface area is 201 Å². The van der Waals surface area contributed by atoms with E-state index in [-0.39, 0.29) is 40.8 Å². The Morgan fingerprint density at radius 1 is 1.20 bits per heavy atom. The molecule has 0 saturated heterocycles. The smallest absolute Gasteiger partial charge is 0.158 e. The molecule has 2 aromatic carbocycles. The number of nitrogens with zero attached hydrogens (tertiary/aromatic N) is 4. The molecule has 0 saturated carbocycles. The number of halogens is 2. The summed E-state index contributed by atoms with van der Waals surface area (Å²) in [6.45, 7) is 6.03. The number of hydrogen-bond acceptors (Lipinski definition) is 3. The van der Waals surface area contributed by atoms with E-state index < -0.39 is 0 Å². The SMILES string of the molecule is Cn1nc(C(C)(C)C)c(C#N)c1-c1nc2cc(-c3ccccc3F)cc(Cl)c2[nH]1.[Na]. The van der Waals surface area contributed by atoms with Gasteiger partial charge < -0.3 is 4.98 Å². The molecule has 4 aromatic rings. The number of aromatic nitrogens is 4. The number of aromatic amines is 1. The van der Waals surface area contributed by atoms with Gasteiger partial charge in [-0.2, -0.15) is 10.4 Å². The molecule has 0 aliphatic carbocycles. The standard InChI is InChI=1S/C22H19ClFN5.Na/c1-22(2,3)20-14(11-25)19(29(4)28-20)21-26-17-10-12(9-15(23)18(17)27-21)13-7-5-6-8-16(13)24;/h5-10H,1-4H3,(H,26,27);. The monoisotopic (exact) mass is 430 g/mol. The molecule has 147 valence electrons. The van der Waals surface area contributed by atoms with Gasteiger partial charge in [0.1, 0.15) is 23.1 Å². The fourth-order valence-corrected chi connectivity index (χ4v) is 3.72. The summed E-state index contributed by atoms with van der Waals surface area (Å²) in [6.07, 6.45) is 0. The largest absolute Gasteiger partial charge is 0.335 e. The van der Waals surface area contributed by atoms with Gasteiger partial charge >= 0.3 is 0 Å². The molecule has 0 aliphatic heterocycles. The summed E-state index contributed by atoms with van der Waals surface area (Å²) in [7, 11) is 1.78. The van der Waals surface area contributed by atoms with Crippen molar-refractivity contribution >= 4 is 52.2 Å². The molecule has 0 fully saturated rings. The Morgan fingerprint density at radius 2 is 1.90 bits per heavy atom. The third-order valence-electron chi connectivity index (χ3n) is 4.82. The second-order valence-corrected chi connectivity index (χ2v) is 8.38. The second kappa shape index (κ2) is 8.16. The minimum Gasteiger partial charge on any atom is -0.335 e. The van der Waals surface area contributed by atoms with Crippen molar-refractivity contribution in [2.75, 3.05) is 0 Å². The van der Waals surface area contributed by atoms with Crippen molar-refractivity contribution in [3.63, 3.8) is 0 Å². The van der Waals surface area contributed by atoms with Crippen molar-refractivity contribution in [2.45, 2.75) is 26.2 Å². The summed E-state index contributed by atoms with van der Waals surface area (Å²) in [6, 6.07) is 12.3. The number of nitriles is 1. The molecule has 2 heterocycles. The number of H-pyrrole nitrogens is 1. The summed E-state index contributed by atoms with van der Waals surface area (Å²) in [4.78, 5) is 7.86. The van der Waals surface area contributed by atoms with E-state index >= 15 is 0 Å². The van der Waals surface area contributed by atoms with E-state index in [4.69, 9.17) is 11.6 Å². The van der Waals surface area contributed by atoms with Crippen LogP contribution in [0.1, 0.15) is 32.0 Å². The molecular formula is C22H19ClFN5Na. The summed E-state index contributed by atoms with van der Waals surface area (Å²) in [5, 5.41) is 14.8. The third kappa shape index (κ3) is 3.79. The van der Waals surface area contributed by atoms with Gasteiger partial charge in [-0.15, -0.1) is 0 Å². The van der Waals surface area contributed by atoms with Crippen molar-refractivity contribution in [1.82, 2.24) is 19.7 Å². The molecule has 0 atom stereocenters. The average Bonchev–Trinajstić information content (AvgIpc) is 3.22. The maximum absolute atomic E-state index is 14.2. The van der Waals surface area contributed by atoms with Crippen LogP contribution in [0, 0.1) is 17.1 Å². The van der Waals surface area contributed by atoms with E-state index in [0.717, 1.165) is 0 Å². The zero-order valence-corrected chi connectivity index (χ0v) is 20.3. The van der Waals surface area contributed by atoms with E-state index in [0.29, 0.717) is 50.0 Å². The van der Waals surface area contributed by atoms with Gasteiger partial charge in [0.05, 0.1) is 21.7 Å². The van der Waals surface area contributed by atoms with E-state index in [9.17, 15) is 9.65 Å².